The highest BCUT2D eigenvalue weighted by molar-refractivity contribution is 5.98. The zero-order valence-corrected chi connectivity index (χ0v) is 21.4. The van der Waals surface area contributed by atoms with Gasteiger partial charge in [-0.3, -0.25) is 14.9 Å². The van der Waals surface area contributed by atoms with Gasteiger partial charge in [0.1, 0.15) is 11.4 Å². The quantitative estimate of drug-likeness (QED) is 0.335. The predicted octanol–water partition coefficient (Wildman–Crippen LogP) is 4.80. The Morgan fingerprint density at radius 3 is 2.62 bits per heavy atom. The van der Waals surface area contributed by atoms with E-state index in [9.17, 15) is 0 Å². The van der Waals surface area contributed by atoms with Gasteiger partial charge in [0, 0.05) is 54.2 Å². The van der Waals surface area contributed by atoms with Crippen LogP contribution in [0.4, 0.5) is 0 Å². The molecule has 4 aromatic heterocycles. The maximum atomic E-state index is 6.28. The van der Waals surface area contributed by atoms with Crippen LogP contribution in [-0.2, 0) is 4.74 Å². The third-order valence-electron chi connectivity index (χ3n) is 6.65. The molecular formula is C29H30N6O2. The molecule has 8 nitrogen and oxygen atoms in total. The van der Waals surface area contributed by atoms with Gasteiger partial charge in [-0.15, -0.1) is 0 Å². The number of benzene rings is 1. The van der Waals surface area contributed by atoms with Crippen LogP contribution in [-0.4, -0.2) is 67.9 Å². The van der Waals surface area contributed by atoms with Gasteiger partial charge in [-0.05, 0) is 50.6 Å². The summed E-state index contributed by atoms with van der Waals surface area (Å²) >= 11 is 0. The van der Waals surface area contributed by atoms with E-state index < -0.39 is 0 Å². The van der Waals surface area contributed by atoms with Crippen LogP contribution in [0.25, 0.3) is 38.9 Å². The third kappa shape index (κ3) is 4.90. The lowest BCUT2D eigenvalue weighted by Crippen LogP contribution is -2.47. The van der Waals surface area contributed by atoms with Crippen molar-refractivity contribution in [2.24, 2.45) is 0 Å². The normalized spacial score (nSPS) is 14.9. The van der Waals surface area contributed by atoms with Gasteiger partial charge in [0.05, 0.1) is 36.8 Å². The third-order valence-corrected chi connectivity index (χ3v) is 6.65. The molecule has 1 saturated heterocycles. The fourth-order valence-electron chi connectivity index (χ4n) is 4.95. The molecule has 6 rings (SSSR count). The SMILES string of the molecule is Cc1ccc2c(-c3cnn4cc(-c5ccc(OC(C)(C)CN6CCOCC6)cn5)cnc34)cccc2n1. The predicted molar refractivity (Wildman–Crippen MR) is 144 cm³/mol. The summed E-state index contributed by atoms with van der Waals surface area (Å²) in [5.74, 6) is 0.747. The molecule has 0 N–H and O–H groups in total. The van der Waals surface area contributed by atoms with Crippen LogP contribution in [0, 0.1) is 6.92 Å². The first-order valence-corrected chi connectivity index (χ1v) is 12.6. The molecule has 1 aliphatic heterocycles. The lowest BCUT2D eigenvalue weighted by Gasteiger charge is -2.35. The maximum absolute atomic E-state index is 6.28. The summed E-state index contributed by atoms with van der Waals surface area (Å²) in [6, 6.07) is 14.2. The van der Waals surface area contributed by atoms with Crippen LogP contribution in [0.15, 0.2) is 67.3 Å². The highest BCUT2D eigenvalue weighted by Gasteiger charge is 2.25. The molecule has 8 heteroatoms. The number of ether oxygens (including phenoxy) is 2. The molecule has 0 radical (unpaired) electrons. The van der Waals surface area contributed by atoms with Gasteiger partial charge in [-0.2, -0.15) is 5.10 Å². The number of hydrogen-bond acceptors (Lipinski definition) is 7. The molecule has 1 fully saturated rings. The van der Waals surface area contributed by atoms with Gasteiger partial charge in [0.2, 0.25) is 0 Å². The van der Waals surface area contributed by atoms with Gasteiger partial charge in [-0.25, -0.2) is 9.50 Å². The van der Waals surface area contributed by atoms with Crippen LogP contribution < -0.4 is 4.74 Å². The van der Waals surface area contributed by atoms with Crippen molar-refractivity contribution in [2.75, 3.05) is 32.8 Å². The number of aromatic nitrogens is 5. The maximum Gasteiger partial charge on any atom is 0.162 e. The molecule has 0 unspecified atom stereocenters. The van der Waals surface area contributed by atoms with Crippen LogP contribution >= 0.6 is 0 Å². The van der Waals surface area contributed by atoms with Gasteiger partial charge < -0.3 is 9.47 Å². The number of pyridine rings is 2. The summed E-state index contributed by atoms with van der Waals surface area (Å²) in [5, 5.41) is 5.68. The second kappa shape index (κ2) is 9.53. The first kappa shape index (κ1) is 23.5. The Morgan fingerprint density at radius 1 is 0.946 bits per heavy atom. The van der Waals surface area contributed by atoms with Gasteiger partial charge in [-0.1, -0.05) is 18.2 Å². The van der Waals surface area contributed by atoms with Crippen LogP contribution in [0.2, 0.25) is 0 Å². The Hall–Kier alpha value is -3.88. The zero-order chi connectivity index (χ0) is 25.4. The summed E-state index contributed by atoms with van der Waals surface area (Å²) in [5.41, 5.74) is 6.17. The van der Waals surface area contributed by atoms with E-state index in [1.54, 1.807) is 6.20 Å². The van der Waals surface area contributed by atoms with Crippen LogP contribution in [0.5, 0.6) is 5.75 Å². The number of morpholine rings is 1. The Balaban J connectivity index is 1.23. The zero-order valence-electron chi connectivity index (χ0n) is 21.4. The highest BCUT2D eigenvalue weighted by atomic mass is 16.5. The smallest absolute Gasteiger partial charge is 0.162 e. The number of nitrogens with zero attached hydrogens (tertiary/aromatic N) is 6. The second-order valence-electron chi connectivity index (χ2n) is 10.1. The van der Waals surface area contributed by atoms with Crippen molar-refractivity contribution in [3.63, 3.8) is 0 Å². The summed E-state index contributed by atoms with van der Waals surface area (Å²) in [6.07, 6.45) is 7.45. The standard InChI is InChI=1S/C29H30N6O2/c1-20-7-9-24-23(5-4-6-27(24)33-20)25-17-32-35-18-21(15-31-28(25)35)26-10-8-22(16-30-26)37-29(2,3)19-34-11-13-36-14-12-34/h4-10,15-18H,11-14,19H2,1-3H3. The molecule has 5 aromatic rings. The molecule has 1 aliphatic rings. The van der Waals surface area contributed by atoms with Crippen molar-refractivity contribution >= 4 is 16.6 Å². The Kier molecular flexibility index (Phi) is 6.06. The van der Waals surface area contributed by atoms with E-state index in [1.807, 2.05) is 60.4 Å². The van der Waals surface area contributed by atoms with Crippen molar-refractivity contribution in [2.45, 2.75) is 26.4 Å². The first-order valence-electron chi connectivity index (χ1n) is 12.6. The van der Waals surface area contributed by atoms with E-state index in [0.29, 0.717) is 0 Å². The van der Waals surface area contributed by atoms with Crippen LogP contribution in [0.3, 0.4) is 0 Å². The molecule has 0 aliphatic carbocycles. The van der Waals surface area contributed by atoms with E-state index in [2.05, 4.69) is 45.9 Å². The summed E-state index contributed by atoms with van der Waals surface area (Å²) in [4.78, 5) is 16.5. The van der Waals surface area contributed by atoms with Gasteiger partial charge in [0.15, 0.2) is 5.65 Å². The fraction of sp³-hybridized carbons (Fsp3) is 0.310. The molecule has 0 amide bonds. The Labute approximate surface area is 215 Å². The average Bonchev–Trinajstić information content (AvgIpc) is 3.32. The Morgan fingerprint density at radius 2 is 1.81 bits per heavy atom. The number of fused-ring (bicyclic) bond motifs is 2. The van der Waals surface area contributed by atoms with Crippen molar-refractivity contribution in [3.05, 3.63) is 72.9 Å². The van der Waals surface area contributed by atoms with Gasteiger partial charge in [0.25, 0.3) is 0 Å². The van der Waals surface area contributed by atoms with Crippen molar-refractivity contribution in [3.8, 4) is 28.1 Å². The average molecular weight is 495 g/mol. The van der Waals surface area contributed by atoms with E-state index in [-0.39, 0.29) is 5.60 Å². The molecule has 5 heterocycles. The Bertz CT molecular complexity index is 1550. The minimum absolute atomic E-state index is 0.331. The molecule has 188 valence electrons. The molecule has 0 saturated carbocycles. The monoisotopic (exact) mass is 494 g/mol. The second-order valence-corrected chi connectivity index (χ2v) is 10.1. The van der Waals surface area contributed by atoms with E-state index in [4.69, 9.17) is 14.5 Å². The minimum Gasteiger partial charge on any atom is -0.485 e. The highest BCUT2D eigenvalue weighted by Crippen LogP contribution is 2.31. The lowest BCUT2D eigenvalue weighted by atomic mass is 10.0. The minimum atomic E-state index is -0.331. The van der Waals surface area contributed by atoms with Crippen LogP contribution in [0.1, 0.15) is 19.5 Å². The van der Waals surface area contributed by atoms with Gasteiger partial charge >= 0.3 is 0 Å². The van der Waals surface area contributed by atoms with E-state index >= 15 is 0 Å². The van der Waals surface area contributed by atoms with Crippen molar-refractivity contribution in [1.29, 1.82) is 0 Å². The number of hydrogen-bond donors (Lipinski definition) is 0. The number of aryl methyl sites for hydroxylation is 1. The molecule has 1 aromatic carbocycles. The largest absolute Gasteiger partial charge is 0.485 e. The summed E-state index contributed by atoms with van der Waals surface area (Å²) in [6.45, 7) is 10.5. The molecule has 0 spiro atoms. The molecule has 0 bridgehead atoms. The van der Waals surface area contributed by atoms with E-state index in [0.717, 1.165) is 83.2 Å². The van der Waals surface area contributed by atoms with E-state index in [1.165, 1.54) is 0 Å². The lowest BCUT2D eigenvalue weighted by molar-refractivity contribution is -0.00363. The molecule has 37 heavy (non-hydrogen) atoms. The molecule has 0 atom stereocenters. The van der Waals surface area contributed by atoms with Crippen molar-refractivity contribution in [1.82, 2.24) is 29.5 Å². The van der Waals surface area contributed by atoms with Crippen molar-refractivity contribution < 1.29 is 9.47 Å². The first-order chi connectivity index (χ1) is 17.9. The fourth-order valence-corrected chi connectivity index (χ4v) is 4.95. The topological polar surface area (TPSA) is 77.7 Å². The summed E-state index contributed by atoms with van der Waals surface area (Å²) in [7, 11) is 0. The summed E-state index contributed by atoms with van der Waals surface area (Å²) < 4.78 is 13.5. The number of rotatable bonds is 6. The molecular weight excluding hydrogens is 464 g/mol.